The van der Waals surface area contributed by atoms with Crippen LogP contribution >= 0.6 is 0 Å². The third-order valence-electron chi connectivity index (χ3n) is 15.8. The lowest BCUT2D eigenvalue weighted by Gasteiger charge is -2.19. The molecule has 0 atom stereocenters. The highest BCUT2D eigenvalue weighted by molar-refractivity contribution is 5.72. The van der Waals surface area contributed by atoms with Gasteiger partial charge in [0.2, 0.25) is 35.3 Å². The van der Waals surface area contributed by atoms with Gasteiger partial charge in [-0.15, -0.1) is 40.8 Å². The van der Waals surface area contributed by atoms with Gasteiger partial charge in [-0.05, 0) is 134 Å². The molecule has 12 nitrogen and oxygen atoms in total. The second kappa shape index (κ2) is 32.9. The van der Waals surface area contributed by atoms with Crippen molar-refractivity contribution in [3.63, 3.8) is 0 Å². The Kier molecular flexibility index (Phi) is 23.9. The van der Waals surface area contributed by atoms with E-state index < -0.39 is 0 Å². The summed E-state index contributed by atoms with van der Waals surface area (Å²) in [7, 11) is 0. The molecule has 0 unspecified atom stereocenters. The Bertz CT molecular complexity index is 4670. The van der Waals surface area contributed by atoms with Gasteiger partial charge in [0.25, 0.3) is 0 Å². The van der Waals surface area contributed by atoms with Crippen LogP contribution in [0.5, 0.6) is 0 Å². The minimum atomic E-state index is 0.0914. The molecule has 14 rings (SSSR count). The van der Waals surface area contributed by atoms with Gasteiger partial charge in [-0.25, -0.2) is 0 Å². The van der Waals surface area contributed by atoms with Crippen LogP contribution in [0, 0.1) is 0 Å². The molecule has 0 N–H and O–H groups in total. The molecule has 0 aliphatic carbocycles. The van der Waals surface area contributed by atoms with E-state index in [1.54, 1.807) is 0 Å². The van der Waals surface area contributed by atoms with Crippen LogP contribution in [0.1, 0.15) is 121 Å². The second-order valence-corrected chi connectivity index (χ2v) is 25.6. The number of nitrogens with zero attached hydrogens (tertiary/aromatic N) is 9. The van der Waals surface area contributed by atoms with Crippen molar-refractivity contribution in [2.24, 2.45) is 0 Å². The summed E-state index contributed by atoms with van der Waals surface area (Å²) in [5, 5.41) is 34.5. The average Bonchev–Trinajstić information content (AvgIpc) is 1.62. The number of rotatable bonds is 11. The molecule has 0 aliphatic heterocycles. The van der Waals surface area contributed by atoms with Crippen LogP contribution in [0.25, 0.3) is 119 Å². The zero-order valence-corrected chi connectivity index (χ0v) is 59.2. The molecule has 0 radical (unpaired) electrons. The summed E-state index contributed by atoms with van der Waals surface area (Å²) in [5.74, 6) is 4.56. The van der Waals surface area contributed by atoms with E-state index in [-0.39, 0.29) is 16.2 Å². The lowest BCUT2D eigenvalue weighted by molar-refractivity contribution is 0.581. The van der Waals surface area contributed by atoms with Gasteiger partial charge < -0.3 is 13.3 Å². The maximum absolute atomic E-state index is 5.96. The van der Waals surface area contributed by atoms with E-state index in [9.17, 15) is 0 Å². The number of hydrogen-bond donors (Lipinski definition) is 0. The van der Waals surface area contributed by atoms with E-state index in [0.717, 1.165) is 67.4 Å². The van der Waals surface area contributed by atoms with Crippen LogP contribution in [-0.4, -0.2) is 45.4 Å². The van der Waals surface area contributed by atoms with Crippen LogP contribution in [0.15, 0.2) is 280 Å². The highest BCUT2D eigenvalue weighted by Crippen LogP contribution is 2.35. The van der Waals surface area contributed by atoms with Gasteiger partial charge in [-0.3, -0.25) is 4.57 Å². The van der Waals surface area contributed by atoms with Gasteiger partial charge in [0.15, 0.2) is 11.6 Å². The number of benzene rings is 10. The highest BCUT2D eigenvalue weighted by Gasteiger charge is 2.22. The summed E-state index contributed by atoms with van der Waals surface area (Å²) in [6.45, 7) is 31.8. The van der Waals surface area contributed by atoms with Crippen LogP contribution in [0.2, 0.25) is 0 Å². The summed E-state index contributed by atoms with van der Waals surface area (Å²) in [4.78, 5) is 0. The maximum Gasteiger partial charge on any atom is 0.248 e. The number of para-hydroxylation sites is 1. The Labute approximate surface area is 578 Å². The van der Waals surface area contributed by atoms with Crippen molar-refractivity contribution in [1.82, 2.24) is 45.4 Å². The summed E-state index contributed by atoms with van der Waals surface area (Å²) in [6, 6.07) is 90.3. The van der Waals surface area contributed by atoms with Crippen molar-refractivity contribution >= 4 is 0 Å². The third-order valence-corrected chi connectivity index (χ3v) is 15.8. The Morgan fingerprint density at radius 3 is 0.735 bits per heavy atom. The molecule has 4 aromatic heterocycles. The fourth-order valence-corrected chi connectivity index (χ4v) is 10.4. The van der Waals surface area contributed by atoms with Gasteiger partial charge in [-0.1, -0.05) is 292 Å². The molecule has 12 heteroatoms. The lowest BCUT2D eigenvalue weighted by atomic mass is 9.86. The summed E-state index contributed by atoms with van der Waals surface area (Å²) in [6.07, 6.45) is 0. The Hall–Kier alpha value is -11.2. The van der Waals surface area contributed by atoms with Crippen molar-refractivity contribution in [1.29, 1.82) is 0 Å². The molecule has 496 valence electrons. The molecule has 0 fully saturated rings. The van der Waals surface area contributed by atoms with E-state index in [0.29, 0.717) is 35.3 Å². The fraction of sp³-hybridized carbons (Fsp3) is 0.209. The molecule has 98 heavy (non-hydrogen) atoms. The van der Waals surface area contributed by atoms with E-state index in [1.165, 1.54) is 33.4 Å². The Morgan fingerprint density at radius 1 is 0.214 bits per heavy atom. The van der Waals surface area contributed by atoms with E-state index in [4.69, 9.17) is 13.3 Å². The minimum Gasteiger partial charge on any atom is -0.416 e. The first-order chi connectivity index (χ1) is 47.5. The van der Waals surface area contributed by atoms with Crippen LogP contribution in [0.4, 0.5) is 0 Å². The smallest absolute Gasteiger partial charge is 0.248 e. The quantitative estimate of drug-likeness (QED) is 0.122. The molecule has 0 spiro atoms. The standard InChI is InChI=1S/C30H27N3.C26H22N4O2.C24H22N2O.3C2H6/c1-30(2,3)26-20-18-25(19-21-26)29-32-31-28(33(29)27-12-8-5-9-13-27)24-16-14-23(15-17-24)22-10-6-4-7-11-22;1-26(2,3)21-14-12-18(13-15-21)23-28-30-25(32-23)20-11-7-10-19(16-20)24-29-27-22(31-24)17-8-5-4-6-9-17;1-24(2,3)21-15-13-20(14-16-21)23-26-25-22(27-23)19-11-9-18(10-12-19)17-7-5-4-6-8-17;3*1-2/h4-21H,1-3H3;4-16H,1-3H3;4-16H,1-3H3;3*1-2H3. The lowest BCUT2D eigenvalue weighted by Crippen LogP contribution is -2.10. The van der Waals surface area contributed by atoms with E-state index in [1.807, 2.05) is 175 Å². The van der Waals surface area contributed by atoms with Gasteiger partial charge in [0.05, 0.1) is 0 Å². The Balaban J connectivity index is 0.000000166. The maximum atomic E-state index is 5.96. The first-order valence-electron chi connectivity index (χ1n) is 33.8. The minimum absolute atomic E-state index is 0.0914. The molecule has 14 aromatic rings. The molecule has 0 amide bonds. The molecular formula is C86H89N9O3. The third kappa shape index (κ3) is 17.8. The largest absolute Gasteiger partial charge is 0.416 e. The topological polar surface area (TPSA) is 147 Å². The first kappa shape index (κ1) is 71.1. The van der Waals surface area contributed by atoms with Gasteiger partial charge in [0.1, 0.15) is 0 Å². The second-order valence-electron chi connectivity index (χ2n) is 25.6. The van der Waals surface area contributed by atoms with Crippen molar-refractivity contribution in [2.45, 2.75) is 120 Å². The van der Waals surface area contributed by atoms with Gasteiger partial charge in [-0.2, -0.15) is 0 Å². The average molecular weight is 1300 g/mol. The van der Waals surface area contributed by atoms with E-state index in [2.05, 4.69) is 241 Å². The van der Waals surface area contributed by atoms with Gasteiger partial charge >= 0.3 is 0 Å². The molecule has 0 saturated carbocycles. The molecule has 10 aromatic carbocycles. The molecular weight excluding hydrogens is 1210 g/mol. The summed E-state index contributed by atoms with van der Waals surface area (Å²) < 4.78 is 19.9. The zero-order valence-electron chi connectivity index (χ0n) is 59.2. The molecule has 4 heterocycles. The van der Waals surface area contributed by atoms with Crippen molar-refractivity contribution in [3.05, 3.63) is 284 Å². The SMILES string of the molecule is CC.CC.CC.CC(C)(C)c1ccc(-c2nnc(-c3ccc(-c4ccccc4)cc3)n2-c2ccccc2)cc1.CC(C)(C)c1ccc(-c2nnc(-c3ccc(-c4ccccc4)cc3)o2)cc1.CC(C)(C)c1ccc(-c2nnc(-c3cccc(-c4nnc(-c5ccccc5)o4)c3)o2)cc1. The van der Waals surface area contributed by atoms with Crippen LogP contribution in [0.3, 0.4) is 0 Å². The normalized spacial score (nSPS) is 11.0. The van der Waals surface area contributed by atoms with Crippen molar-refractivity contribution in [3.8, 4) is 119 Å². The number of hydrogen-bond acceptors (Lipinski definition) is 11. The van der Waals surface area contributed by atoms with Crippen molar-refractivity contribution in [2.75, 3.05) is 0 Å². The number of aromatic nitrogens is 9. The van der Waals surface area contributed by atoms with Crippen LogP contribution < -0.4 is 0 Å². The molecule has 0 bridgehead atoms. The summed E-state index contributed by atoms with van der Waals surface area (Å²) >= 11 is 0. The first-order valence-corrected chi connectivity index (χ1v) is 33.8. The Morgan fingerprint density at radius 2 is 0.429 bits per heavy atom. The zero-order chi connectivity index (χ0) is 69.8. The van der Waals surface area contributed by atoms with Crippen LogP contribution in [-0.2, 0) is 16.2 Å². The van der Waals surface area contributed by atoms with E-state index >= 15 is 0 Å². The van der Waals surface area contributed by atoms with Crippen molar-refractivity contribution < 1.29 is 13.3 Å². The summed E-state index contributed by atoms with van der Waals surface area (Å²) in [5.41, 5.74) is 17.2. The van der Waals surface area contributed by atoms with Gasteiger partial charge in [0, 0.05) is 50.2 Å². The monoisotopic (exact) mass is 1300 g/mol. The highest BCUT2D eigenvalue weighted by atomic mass is 16.4. The predicted molar refractivity (Wildman–Crippen MR) is 402 cm³/mol. The molecule has 0 saturated heterocycles. The molecule has 0 aliphatic rings. The predicted octanol–water partition coefficient (Wildman–Crippen LogP) is 23.4. The fourth-order valence-electron chi connectivity index (χ4n) is 10.4.